The molecular weight excluding hydrogens is 247 g/mol. The molecule has 16 heavy (non-hydrogen) atoms. The van der Waals surface area contributed by atoms with Crippen LogP contribution < -0.4 is 5.73 Å². The molecule has 0 saturated carbocycles. The number of anilines is 1. The van der Waals surface area contributed by atoms with Crippen LogP contribution in [0.2, 0.25) is 5.02 Å². The summed E-state index contributed by atoms with van der Waals surface area (Å²) in [5, 5.41) is -0.558. The molecule has 2 N–H and O–H groups in total. The molecular formula is C9H7ClF3NO2. The third-order valence-electron chi connectivity index (χ3n) is 1.85. The van der Waals surface area contributed by atoms with Crippen LogP contribution in [-0.2, 0) is 10.9 Å². The maximum absolute atomic E-state index is 12.5. The summed E-state index contributed by atoms with van der Waals surface area (Å²) in [5.74, 6) is -0.945. The van der Waals surface area contributed by atoms with E-state index in [1.807, 2.05) is 0 Å². The molecule has 0 saturated heterocycles. The van der Waals surface area contributed by atoms with Crippen LogP contribution in [0, 0.1) is 0 Å². The van der Waals surface area contributed by atoms with Gasteiger partial charge in [-0.3, -0.25) is 0 Å². The molecule has 88 valence electrons. The van der Waals surface area contributed by atoms with E-state index in [1.54, 1.807) is 0 Å². The Balaban J connectivity index is 3.39. The lowest BCUT2D eigenvalue weighted by Crippen LogP contribution is -2.11. The molecule has 0 radical (unpaired) electrons. The number of benzene rings is 1. The van der Waals surface area contributed by atoms with Crippen LogP contribution in [0.4, 0.5) is 18.9 Å². The van der Waals surface area contributed by atoms with Crippen molar-refractivity contribution < 1.29 is 22.7 Å². The third kappa shape index (κ3) is 2.38. The molecule has 0 fully saturated rings. The van der Waals surface area contributed by atoms with Crippen molar-refractivity contribution in [3.63, 3.8) is 0 Å². The number of carbonyl (C=O) groups excluding carboxylic acids is 1. The van der Waals surface area contributed by atoms with E-state index in [9.17, 15) is 18.0 Å². The van der Waals surface area contributed by atoms with E-state index in [1.165, 1.54) is 0 Å². The molecule has 1 aromatic rings. The summed E-state index contributed by atoms with van der Waals surface area (Å²) in [4.78, 5) is 11.1. The Bertz CT molecular complexity index is 431. The molecule has 1 rings (SSSR count). The Hall–Kier alpha value is -1.43. The summed E-state index contributed by atoms with van der Waals surface area (Å²) >= 11 is 5.38. The van der Waals surface area contributed by atoms with Gasteiger partial charge in [0, 0.05) is 5.69 Å². The molecule has 0 heterocycles. The highest BCUT2D eigenvalue weighted by Gasteiger charge is 2.34. The fourth-order valence-corrected chi connectivity index (χ4v) is 1.37. The van der Waals surface area contributed by atoms with Gasteiger partial charge in [0.15, 0.2) is 0 Å². The van der Waals surface area contributed by atoms with E-state index in [2.05, 4.69) is 4.74 Å². The van der Waals surface area contributed by atoms with Gasteiger partial charge in [0.2, 0.25) is 0 Å². The summed E-state index contributed by atoms with van der Waals surface area (Å²) < 4.78 is 41.6. The van der Waals surface area contributed by atoms with Crippen molar-refractivity contribution in [1.29, 1.82) is 0 Å². The molecule has 7 heteroatoms. The predicted molar refractivity (Wildman–Crippen MR) is 52.2 cm³/mol. The second-order valence-corrected chi connectivity index (χ2v) is 3.32. The first-order chi connectivity index (χ1) is 7.27. The van der Waals surface area contributed by atoms with Crippen molar-refractivity contribution in [3.8, 4) is 0 Å². The van der Waals surface area contributed by atoms with Crippen LogP contribution in [0.25, 0.3) is 0 Å². The SMILES string of the molecule is COC(=O)c1cc(C(F)(F)F)c(Cl)cc1N. The lowest BCUT2D eigenvalue weighted by Gasteiger charge is -2.12. The molecule has 0 bridgehead atoms. The minimum atomic E-state index is -4.65. The van der Waals surface area contributed by atoms with Crippen LogP contribution in [0.1, 0.15) is 15.9 Å². The monoisotopic (exact) mass is 253 g/mol. The highest BCUT2D eigenvalue weighted by molar-refractivity contribution is 6.32. The molecule has 0 aliphatic carbocycles. The maximum atomic E-state index is 12.5. The fourth-order valence-electron chi connectivity index (χ4n) is 1.09. The second-order valence-electron chi connectivity index (χ2n) is 2.91. The number of ether oxygens (including phenoxy) is 1. The first-order valence-corrected chi connectivity index (χ1v) is 4.39. The molecule has 0 unspecified atom stereocenters. The summed E-state index contributed by atoms with van der Waals surface area (Å²) in [5.41, 5.74) is 3.71. The average molecular weight is 254 g/mol. The summed E-state index contributed by atoms with van der Waals surface area (Å²) in [7, 11) is 1.05. The zero-order valence-electron chi connectivity index (χ0n) is 8.06. The van der Waals surface area contributed by atoms with Crippen molar-refractivity contribution in [2.75, 3.05) is 12.8 Å². The van der Waals surface area contributed by atoms with Crippen LogP contribution >= 0.6 is 11.6 Å². The molecule has 1 aromatic carbocycles. The lowest BCUT2D eigenvalue weighted by molar-refractivity contribution is -0.137. The number of methoxy groups -OCH3 is 1. The van der Waals surface area contributed by atoms with E-state index in [0.29, 0.717) is 6.07 Å². The molecule has 3 nitrogen and oxygen atoms in total. The lowest BCUT2D eigenvalue weighted by atomic mass is 10.1. The Morgan fingerprint density at radius 1 is 1.44 bits per heavy atom. The van der Waals surface area contributed by atoms with Crippen molar-refractivity contribution in [3.05, 3.63) is 28.3 Å². The number of esters is 1. The molecule has 0 amide bonds. The molecule has 0 aromatic heterocycles. The van der Waals surface area contributed by atoms with Crippen molar-refractivity contribution in [2.45, 2.75) is 6.18 Å². The largest absolute Gasteiger partial charge is 0.465 e. The first-order valence-electron chi connectivity index (χ1n) is 4.02. The maximum Gasteiger partial charge on any atom is 0.417 e. The molecule has 0 spiro atoms. The van der Waals surface area contributed by atoms with Gasteiger partial charge in [0.05, 0.1) is 23.3 Å². The van der Waals surface area contributed by atoms with Crippen LogP contribution in [0.5, 0.6) is 0 Å². The molecule has 0 aliphatic heterocycles. The van der Waals surface area contributed by atoms with E-state index in [4.69, 9.17) is 17.3 Å². The van der Waals surface area contributed by atoms with E-state index < -0.39 is 22.7 Å². The number of nitrogen functional groups attached to an aromatic ring is 1. The summed E-state index contributed by atoms with van der Waals surface area (Å²) in [6, 6.07) is 1.44. The van der Waals surface area contributed by atoms with Crippen molar-refractivity contribution in [2.24, 2.45) is 0 Å². The van der Waals surface area contributed by atoms with Gasteiger partial charge in [0.1, 0.15) is 0 Å². The van der Waals surface area contributed by atoms with Gasteiger partial charge in [-0.05, 0) is 12.1 Å². The second kappa shape index (κ2) is 4.21. The van der Waals surface area contributed by atoms with Crippen LogP contribution in [0.15, 0.2) is 12.1 Å². The number of rotatable bonds is 1. The number of alkyl halides is 3. The van der Waals surface area contributed by atoms with Gasteiger partial charge in [-0.2, -0.15) is 13.2 Å². The van der Waals surface area contributed by atoms with E-state index in [-0.39, 0.29) is 11.3 Å². The van der Waals surface area contributed by atoms with Crippen LogP contribution in [-0.4, -0.2) is 13.1 Å². The zero-order valence-corrected chi connectivity index (χ0v) is 8.82. The smallest absolute Gasteiger partial charge is 0.417 e. The zero-order chi connectivity index (χ0) is 12.5. The Morgan fingerprint density at radius 3 is 2.44 bits per heavy atom. The highest BCUT2D eigenvalue weighted by Crippen LogP contribution is 2.37. The average Bonchev–Trinajstić information content (AvgIpc) is 2.14. The summed E-state index contributed by atoms with van der Waals surface area (Å²) in [6.07, 6.45) is -4.65. The predicted octanol–water partition coefficient (Wildman–Crippen LogP) is 2.73. The minimum absolute atomic E-state index is 0.162. The van der Waals surface area contributed by atoms with Gasteiger partial charge in [-0.15, -0.1) is 0 Å². The Morgan fingerprint density at radius 2 is 2.00 bits per heavy atom. The Labute approximate surface area is 93.9 Å². The van der Waals surface area contributed by atoms with E-state index in [0.717, 1.165) is 13.2 Å². The van der Waals surface area contributed by atoms with Gasteiger partial charge in [-0.25, -0.2) is 4.79 Å². The first kappa shape index (κ1) is 12.6. The van der Waals surface area contributed by atoms with Gasteiger partial charge in [0.25, 0.3) is 0 Å². The number of halogens is 4. The number of hydrogen-bond acceptors (Lipinski definition) is 3. The molecule has 0 aliphatic rings. The number of hydrogen-bond donors (Lipinski definition) is 1. The highest BCUT2D eigenvalue weighted by atomic mass is 35.5. The third-order valence-corrected chi connectivity index (χ3v) is 2.16. The van der Waals surface area contributed by atoms with E-state index >= 15 is 0 Å². The quantitative estimate of drug-likeness (QED) is 0.618. The van der Waals surface area contributed by atoms with Gasteiger partial charge >= 0.3 is 12.1 Å². The van der Waals surface area contributed by atoms with Gasteiger partial charge in [-0.1, -0.05) is 11.6 Å². The standard InChI is InChI=1S/C9H7ClF3NO2/c1-16-8(15)4-2-5(9(11,12)13)6(10)3-7(4)14/h2-3H,14H2,1H3. The van der Waals surface area contributed by atoms with Crippen LogP contribution in [0.3, 0.4) is 0 Å². The molecule has 0 atom stereocenters. The normalized spacial score (nSPS) is 11.3. The fraction of sp³-hybridized carbons (Fsp3) is 0.222. The number of nitrogens with two attached hydrogens (primary N) is 1. The Kier molecular flexibility index (Phi) is 3.32. The van der Waals surface area contributed by atoms with Crippen molar-refractivity contribution in [1.82, 2.24) is 0 Å². The topological polar surface area (TPSA) is 52.3 Å². The summed E-state index contributed by atoms with van der Waals surface area (Å²) in [6.45, 7) is 0. The number of carbonyl (C=O) groups is 1. The van der Waals surface area contributed by atoms with Crippen molar-refractivity contribution >= 4 is 23.3 Å². The minimum Gasteiger partial charge on any atom is -0.465 e. The van der Waals surface area contributed by atoms with Gasteiger partial charge < -0.3 is 10.5 Å².